The first-order chi connectivity index (χ1) is 6.18. The van der Waals surface area contributed by atoms with Crippen LogP contribution in [0.25, 0.3) is 0 Å². The van der Waals surface area contributed by atoms with Gasteiger partial charge < -0.3 is 15.5 Å². The molecule has 0 aromatic rings. The van der Waals surface area contributed by atoms with E-state index in [0.717, 1.165) is 6.54 Å². The van der Waals surface area contributed by atoms with E-state index >= 15 is 0 Å². The minimum Gasteiger partial charge on any atom is -0.324 e. The van der Waals surface area contributed by atoms with Crippen molar-refractivity contribution in [3.8, 4) is 0 Å². The monoisotopic (exact) mass is 183 g/mol. The number of nitrogens with zero attached hydrogens (tertiary/aromatic N) is 2. The third-order valence-corrected chi connectivity index (χ3v) is 3.45. The molecule has 2 saturated heterocycles. The quantitative estimate of drug-likeness (QED) is 0.674. The summed E-state index contributed by atoms with van der Waals surface area (Å²) in [6.07, 6.45) is 3.74. The summed E-state index contributed by atoms with van der Waals surface area (Å²) in [5.74, 6) is 0. The van der Waals surface area contributed by atoms with Gasteiger partial charge in [-0.2, -0.15) is 0 Å². The van der Waals surface area contributed by atoms with Crippen molar-refractivity contribution in [3.05, 3.63) is 0 Å². The van der Waals surface area contributed by atoms with Crippen molar-refractivity contribution in [2.45, 2.75) is 24.8 Å². The van der Waals surface area contributed by atoms with Crippen LogP contribution in [0.15, 0.2) is 0 Å². The van der Waals surface area contributed by atoms with Crippen molar-refractivity contribution in [1.29, 1.82) is 0 Å². The smallest absolute Gasteiger partial charge is 0.0307 e. The van der Waals surface area contributed by atoms with Crippen LogP contribution in [0.5, 0.6) is 0 Å². The molecule has 0 aliphatic carbocycles. The summed E-state index contributed by atoms with van der Waals surface area (Å²) in [4.78, 5) is 4.85. The number of hydrogen-bond acceptors (Lipinski definition) is 3. The summed E-state index contributed by atoms with van der Waals surface area (Å²) in [5, 5.41) is 0. The minimum absolute atomic E-state index is 0.115. The highest BCUT2D eigenvalue weighted by Crippen LogP contribution is 2.22. The number of rotatable bonds is 3. The van der Waals surface area contributed by atoms with Gasteiger partial charge in [0.05, 0.1) is 0 Å². The van der Waals surface area contributed by atoms with Crippen LogP contribution in [0.3, 0.4) is 0 Å². The van der Waals surface area contributed by atoms with Gasteiger partial charge in [0.15, 0.2) is 0 Å². The molecule has 0 aromatic carbocycles. The van der Waals surface area contributed by atoms with Gasteiger partial charge in [0, 0.05) is 12.1 Å². The third kappa shape index (κ3) is 2.22. The van der Waals surface area contributed by atoms with E-state index in [0.29, 0.717) is 0 Å². The zero-order valence-electron chi connectivity index (χ0n) is 8.63. The summed E-state index contributed by atoms with van der Waals surface area (Å²) in [6.45, 7) is 6.07. The molecule has 2 aliphatic rings. The average molecular weight is 183 g/mol. The highest BCUT2D eigenvalue weighted by atomic mass is 15.2. The Bertz CT molecular complexity index is 179. The maximum Gasteiger partial charge on any atom is 0.0307 e. The molecule has 0 spiro atoms. The largest absolute Gasteiger partial charge is 0.324 e. The van der Waals surface area contributed by atoms with E-state index in [2.05, 4.69) is 16.8 Å². The lowest BCUT2D eigenvalue weighted by Crippen LogP contribution is -2.47. The van der Waals surface area contributed by atoms with Crippen LogP contribution in [0.2, 0.25) is 0 Å². The van der Waals surface area contributed by atoms with Gasteiger partial charge in [-0.1, -0.05) is 0 Å². The Hall–Kier alpha value is -0.120. The van der Waals surface area contributed by atoms with Gasteiger partial charge in [-0.3, -0.25) is 0 Å². The molecule has 3 nitrogen and oxygen atoms in total. The molecule has 0 radical (unpaired) electrons. The summed E-state index contributed by atoms with van der Waals surface area (Å²) in [6, 6.07) is 0. The highest BCUT2D eigenvalue weighted by Gasteiger charge is 2.32. The van der Waals surface area contributed by atoms with Crippen molar-refractivity contribution in [3.63, 3.8) is 0 Å². The van der Waals surface area contributed by atoms with Gasteiger partial charge in [-0.15, -0.1) is 0 Å². The van der Waals surface area contributed by atoms with E-state index in [-0.39, 0.29) is 5.54 Å². The second-order valence-electron chi connectivity index (χ2n) is 4.80. The zero-order valence-corrected chi connectivity index (χ0v) is 8.63. The molecule has 2 heterocycles. The van der Waals surface area contributed by atoms with E-state index < -0.39 is 0 Å². The fraction of sp³-hybridized carbons (Fsp3) is 1.00. The lowest BCUT2D eigenvalue weighted by atomic mass is 9.95. The van der Waals surface area contributed by atoms with Crippen molar-refractivity contribution >= 4 is 0 Å². The average Bonchev–Trinajstić information content (AvgIpc) is 2.28. The maximum absolute atomic E-state index is 6.31. The predicted octanol–water partition coefficient (Wildman–Crippen LogP) is 0.115. The number of likely N-dealkylation sites (tertiary alicyclic amines) is 2. The molecule has 0 amide bonds. The normalized spacial score (nSPS) is 36.5. The third-order valence-electron chi connectivity index (χ3n) is 3.45. The first-order valence-electron chi connectivity index (χ1n) is 5.38. The van der Waals surface area contributed by atoms with Gasteiger partial charge in [0.25, 0.3) is 0 Å². The Kier molecular flexibility index (Phi) is 2.58. The fourth-order valence-electron chi connectivity index (χ4n) is 2.30. The molecule has 3 heteroatoms. The molecular formula is C10H21N3. The predicted molar refractivity (Wildman–Crippen MR) is 54.7 cm³/mol. The molecule has 13 heavy (non-hydrogen) atoms. The van der Waals surface area contributed by atoms with E-state index in [1.165, 1.54) is 45.4 Å². The van der Waals surface area contributed by atoms with Crippen molar-refractivity contribution in [2.75, 3.05) is 39.8 Å². The van der Waals surface area contributed by atoms with Crippen LogP contribution in [0.4, 0.5) is 0 Å². The lowest BCUT2D eigenvalue weighted by Gasteiger charge is -2.34. The second-order valence-corrected chi connectivity index (χ2v) is 4.80. The molecule has 2 fully saturated rings. The van der Waals surface area contributed by atoms with Crippen LogP contribution in [0.1, 0.15) is 19.3 Å². The van der Waals surface area contributed by atoms with Crippen molar-refractivity contribution < 1.29 is 0 Å². The second kappa shape index (κ2) is 3.56. The van der Waals surface area contributed by atoms with Crippen LogP contribution in [-0.4, -0.2) is 55.1 Å². The molecule has 2 N–H and O–H groups in total. The van der Waals surface area contributed by atoms with Gasteiger partial charge in [-0.25, -0.2) is 0 Å². The van der Waals surface area contributed by atoms with Gasteiger partial charge in [-0.05, 0) is 52.5 Å². The van der Waals surface area contributed by atoms with E-state index in [9.17, 15) is 0 Å². The lowest BCUT2D eigenvalue weighted by molar-refractivity contribution is 0.163. The standard InChI is InChI=1S/C10H21N3/c1-12-7-3-10(11,9-12)4-8-13-5-2-6-13/h2-9,11H2,1H3. The first kappa shape index (κ1) is 9.44. The molecule has 2 aliphatic heterocycles. The van der Waals surface area contributed by atoms with Gasteiger partial charge >= 0.3 is 0 Å². The van der Waals surface area contributed by atoms with Crippen LogP contribution in [0, 0.1) is 0 Å². The minimum atomic E-state index is 0.115. The van der Waals surface area contributed by atoms with E-state index in [1.807, 2.05) is 0 Å². The highest BCUT2D eigenvalue weighted by molar-refractivity contribution is 4.94. The SMILES string of the molecule is CN1CCC(N)(CCN2CCC2)C1. The van der Waals surface area contributed by atoms with E-state index in [4.69, 9.17) is 5.73 Å². The molecule has 76 valence electrons. The zero-order chi connectivity index (χ0) is 9.31. The summed E-state index contributed by atoms with van der Waals surface area (Å²) < 4.78 is 0. The van der Waals surface area contributed by atoms with Crippen molar-refractivity contribution in [1.82, 2.24) is 9.80 Å². The fourth-order valence-corrected chi connectivity index (χ4v) is 2.30. The Balaban J connectivity index is 1.73. The summed E-state index contributed by atoms with van der Waals surface area (Å²) in [5.41, 5.74) is 6.42. The summed E-state index contributed by atoms with van der Waals surface area (Å²) in [7, 11) is 2.16. The molecule has 0 aromatic heterocycles. The molecule has 1 unspecified atom stereocenters. The number of likely N-dealkylation sites (N-methyl/N-ethyl adjacent to an activating group) is 1. The maximum atomic E-state index is 6.31. The molecule has 0 saturated carbocycles. The molecule has 1 atom stereocenters. The first-order valence-corrected chi connectivity index (χ1v) is 5.38. The Morgan fingerprint density at radius 2 is 2.08 bits per heavy atom. The number of nitrogens with two attached hydrogens (primary N) is 1. The molecular weight excluding hydrogens is 162 g/mol. The summed E-state index contributed by atoms with van der Waals surface area (Å²) >= 11 is 0. The molecule has 2 rings (SSSR count). The Morgan fingerprint density at radius 1 is 1.31 bits per heavy atom. The van der Waals surface area contributed by atoms with Crippen LogP contribution < -0.4 is 5.73 Å². The van der Waals surface area contributed by atoms with E-state index in [1.54, 1.807) is 0 Å². The number of hydrogen-bond donors (Lipinski definition) is 1. The van der Waals surface area contributed by atoms with Crippen molar-refractivity contribution in [2.24, 2.45) is 5.73 Å². The van der Waals surface area contributed by atoms with Gasteiger partial charge in [0.2, 0.25) is 0 Å². The van der Waals surface area contributed by atoms with Crippen LogP contribution >= 0.6 is 0 Å². The Labute approximate surface area is 80.9 Å². The molecule has 0 bridgehead atoms. The Morgan fingerprint density at radius 3 is 2.54 bits per heavy atom. The topological polar surface area (TPSA) is 32.5 Å². The van der Waals surface area contributed by atoms with Crippen LogP contribution in [-0.2, 0) is 0 Å². The van der Waals surface area contributed by atoms with Gasteiger partial charge in [0.1, 0.15) is 0 Å².